The normalized spacial score (nSPS) is 25.0. The second-order valence-electron chi connectivity index (χ2n) is 4.30. The first kappa shape index (κ1) is 12.5. The van der Waals surface area contributed by atoms with Gasteiger partial charge < -0.3 is 15.4 Å². The van der Waals surface area contributed by atoms with Crippen molar-refractivity contribution in [3.63, 3.8) is 0 Å². The number of aromatic nitrogens is 1. The Labute approximate surface area is 105 Å². The zero-order valence-corrected chi connectivity index (χ0v) is 10.9. The zero-order chi connectivity index (χ0) is 12.4. The van der Waals surface area contributed by atoms with Crippen LogP contribution in [0.25, 0.3) is 0 Å². The Bertz CT molecular complexity index is 397. The van der Waals surface area contributed by atoms with Crippen LogP contribution in [0.2, 0.25) is 0 Å². The smallest absolute Gasteiger partial charge is 0.273 e. The molecular weight excluding hydrogens is 238 g/mol. The summed E-state index contributed by atoms with van der Waals surface area (Å²) in [5.41, 5.74) is 5.99. The summed E-state index contributed by atoms with van der Waals surface area (Å²) in [5, 5.41) is 2.57. The van der Waals surface area contributed by atoms with E-state index < -0.39 is 0 Å². The summed E-state index contributed by atoms with van der Waals surface area (Å²) in [6, 6.07) is 0. The molecule has 0 spiro atoms. The predicted molar refractivity (Wildman–Crippen MR) is 65.9 cm³/mol. The zero-order valence-electron chi connectivity index (χ0n) is 10.0. The number of ether oxygens (including phenoxy) is 1. The molecule has 1 aliphatic heterocycles. The van der Waals surface area contributed by atoms with Crippen molar-refractivity contribution >= 4 is 17.2 Å². The average Bonchev–Trinajstić information content (AvgIpc) is 2.75. The van der Waals surface area contributed by atoms with E-state index in [1.165, 1.54) is 11.3 Å². The van der Waals surface area contributed by atoms with E-state index in [-0.39, 0.29) is 18.1 Å². The van der Waals surface area contributed by atoms with E-state index in [1.807, 2.05) is 13.8 Å². The van der Waals surface area contributed by atoms with Crippen LogP contribution in [0.4, 0.5) is 0 Å². The van der Waals surface area contributed by atoms with Gasteiger partial charge in [0.25, 0.3) is 5.91 Å². The van der Waals surface area contributed by atoms with Gasteiger partial charge in [-0.1, -0.05) is 0 Å². The number of carbonyl (C=O) groups is 1. The van der Waals surface area contributed by atoms with Gasteiger partial charge in [0.05, 0.1) is 12.2 Å². The van der Waals surface area contributed by atoms with E-state index in [1.54, 1.807) is 10.3 Å². The van der Waals surface area contributed by atoms with Crippen LogP contribution in [0.3, 0.4) is 0 Å². The van der Waals surface area contributed by atoms with Gasteiger partial charge in [0, 0.05) is 25.0 Å². The van der Waals surface area contributed by atoms with Gasteiger partial charge in [-0.25, -0.2) is 4.98 Å². The number of amides is 1. The fraction of sp³-hybridized carbons (Fsp3) is 0.636. The molecule has 0 radical (unpaired) electrons. The molecule has 2 atom stereocenters. The molecule has 0 aromatic carbocycles. The lowest BCUT2D eigenvalue weighted by Gasteiger charge is -2.34. The number of nitrogens with zero attached hydrogens (tertiary/aromatic N) is 2. The summed E-state index contributed by atoms with van der Waals surface area (Å²) in [5.74, 6) is -0.0250. The molecule has 2 heterocycles. The first-order chi connectivity index (χ1) is 8.10. The molecule has 2 rings (SSSR count). The second-order valence-corrected chi connectivity index (χ2v) is 5.24. The van der Waals surface area contributed by atoms with Crippen molar-refractivity contribution in [2.75, 3.05) is 13.1 Å². The van der Waals surface area contributed by atoms with Crippen LogP contribution >= 0.6 is 11.3 Å². The molecule has 1 amide bonds. The van der Waals surface area contributed by atoms with E-state index in [0.717, 1.165) is 5.01 Å². The first-order valence-corrected chi connectivity index (χ1v) is 6.57. The van der Waals surface area contributed by atoms with E-state index >= 15 is 0 Å². The Hall–Kier alpha value is -0.980. The van der Waals surface area contributed by atoms with Crippen LogP contribution in [0, 0.1) is 0 Å². The maximum atomic E-state index is 12.2. The molecule has 1 fully saturated rings. The van der Waals surface area contributed by atoms with Gasteiger partial charge in [-0.05, 0) is 13.8 Å². The molecule has 17 heavy (non-hydrogen) atoms. The van der Waals surface area contributed by atoms with E-state index in [4.69, 9.17) is 10.5 Å². The SMILES string of the molecule is C[C@@H]1CN(C(=O)c2csc(CN)n2)C[C@H](C)O1. The van der Waals surface area contributed by atoms with Gasteiger partial charge in [-0.3, -0.25) is 4.79 Å². The Morgan fingerprint density at radius 3 is 2.76 bits per heavy atom. The summed E-state index contributed by atoms with van der Waals surface area (Å²) in [6.45, 7) is 5.58. The predicted octanol–water partition coefficient (Wildman–Crippen LogP) is 0.851. The van der Waals surface area contributed by atoms with E-state index in [2.05, 4.69) is 4.98 Å². The van der Waals surface area contributed by atoms with E-state index in [9.17, 15) is 4.79 Å². The Morgan fingerprint density at radius 1 is 1.59 bits per heavy atom. The molecule has 0 bridgehead atoms. The minimum absolute atomic E-state index is 0.0250. The first-order valence-electron chi connectivity index (χ1n) is 5.69. The molecule has 1 aromatic rings. The summed E-state index contributed by atoms with van der Waals surface area (Å²) < 4.78 is 5.60. The van der Waals surface area contributed by atoms with Crippen molar-refractivity contribution in [2.24, 2.45) is 5.73 Å². The summed E-state index contributed by atoms with van der Waals surface area (Å²) in [7, 11) is 0. The van der Waals surface area contributed by atoms with Crippen LogP contribution in [0.1, 0.15) is 29.3 Å². The molecule has 5 nitrogen and oxygen atoms in total. The Morgan fingerprint density at radius 2 is 2.24 bits per heavy atom. The molecule has 2 N–H and O–H groups in total. The van der Waals surface area contributed by atoms with E-state index in [0.29, 0.717) is 25.3 Å². The molecule has 94 valence electrons. The van der Waals surface area contributed by atoms with Crippen LogP contribution < -0.4 is 5.73 Å². The number of nitrogens with two attached hydrogens (primary N) is 1. The number of thiazole rings is 1. The topological polar surface area (TPSA) is 68.5 Å². The number of morpholine rings is 1. The summed E-state index contributed by atoms with van der Waals surface area (Å²) in [6.07, 6.45) is 0.158. The van der Waals surface area contributed by atoms with Crippen LogP contribution in [-0.2, 0) is 11.3 Å². The maximum Gasteiger partial charge on any atom is 0.273 e. The van der Waals surface area contributed by atoms with Gasteiger partial charge in [0.2, 0.25) is 0 Å². The molecule has 0 unspecified atom stereocenters. The second kappa shape index (κ2) is 5.12. The van der Waals surface area contributed by atoms with Crippen molar-refractivity contribution in [1.29, 1.82) is 0 Å². The Kier molecular flexibility index (Phi) is 3.76. The molecule has 0 saturated carbocycles. The monoisotopic (exact) mass is 255 g/mol. The van der Waals surface area contributed by atoms with Crippen molar-refractivity contribution in [2.45, 2.75) is 32.6 Å². The lowest BCUT2D eigenvalue weighted by atomic mass is 10.2. The highest BCUT2D eigenvalue weighted by atomic mass is 32.1. The van der Waals surface area contributed by atoms with Gasteiger partial charge in [0.15, 0.2) is 0 Å². The van der Waals surface area contributed by atoms with Crippen LogP contribution in [0.15, 0.2) is 5.38 Å². The highest BCUT2D eigenvalue weighted by Gasteiger charge is 2.27. The summed E-state index contributed by atoms with van der Waals surface area (Å²) in [4.78, 5) is 18.2. The Balaban J connectivity index is 2.08. The standard InChI is InChI=1S/C11H17N3O2S/c1-7-4-14(5-8(2)16-7)11(15)9-6-17-10(3-12)13-9/h6-8H,3-5,12H2,1-2H3/t7-,8+. The minimum atomic E-state index is -0.0250. The molecule has 6 heteroatoms. The number of hydrogen-bond donors (Lipinski definition) is 1. The lowest BCUT2D eigenvalue weighted by molar-refractivity contribution is -0.0587. The summed E-state index contributed by atoms with van der Waals surface area (Å²) >= 11 is 1.43. The average molecular weight is 255 g/mol. The van der Waals surface area contributed by atoms with Gasteiger partial charge in [0.1, 0.15) is 10.7 Å². The highest BCUT2D eigenvalue weighted by Crippen LogP contribution is 2.16. The van der Waals surface area contributed by atoms with Crippen LogP contribution in [-0.4, -0.2) is 41.1 Å². The molecule has 0 aliphatic carbocycles. The fourth-order valence-corrected chi connectivity index (χ4v) is 2.66. The fourth-order valence-electron chi connectivity index (χ4n) is 2.01. The number of hydrogen-bond acceptors (Lipinski definition) is 5. The molecule has 1 aliphatic rings. The molecule has 1 saturated heterocycles. The van der Waals surface area contributed by atoms with Gasteiger partial charge in [-0.2, -0.15) is 0 Å². The number of rotatable bonds is 2. The number of carbonyl (C=O) groups excluding carboxylic acids is 1. The minimum Gasteiger partial charge on any atom is -0.372 e. The quantitative estimate of drug-likeness (QED) is 0.850. The molecular formula is C11H17N3O2S. The third-order valence-electron chi connectivity index (χ3n) is 2.65. The largest absolute Gasteiger partial charge is 0.372 e. The van der Waals surface area contributed by atoms with Crippen molar-refractivity contribution in [3.8, 4) is 0 Å². The third-order valence-corrected chi connectivity index (χ3v) is 3.52. The van der Waals surface area contributed by atoms with Gasteiger partial charge >= 0.3 is 0 Å². The third kappa shape index (κ3) is 2.83. The van der Waals surface area contributed by atoms with Crippen molar-refractivity contribution in [1.82, 2.24) is 9.88 Å². The van der Waals surface area contributed by atoms with Crippen LogP contribution in [0.5, 0.6) is 0 Å². The van der Waals surface area contributed by atoms with Gasteiger partial charge in [-0.15, -0.1) is 11.3 Å². The maximum absolute atomic E-state index is 12.2. The van der Waals surface area contributed by atoms with Crippen molar-refractivity contribution in [3.05, 3.63) is 16.1 Å². The highest BCUT2D eigenvalue weighted by molar-refractivity contribution is 7.09. The molecule has 1 aromatic heterocycles. The lowest BCUT2D eigenvalue weighted by Crippen LogP contribution is -2.48. The van der Waals surface area contributed by atoms with Crippen molar-refractivity contribution < 1.29 is 9.53 Å².